The van der Waals surface area contributed by atoms with Crippen LogP contribution in [0.2, 0.25) is 0 Å². The molecule has 0 atom stereocenters. The molecule has 1 fully saturated rings. The van der Waals surface area contributed by atoms with Gasteiger partial charge in [0.25, 0.3) is 11.8 Å². The van der Waals surface area contributed by atoms with Crippen LogP contribution in [0.1, 0.15) is 47.4 Å². The van der Waals surface area contributed by atoms with E-state index in [0.717, 1.165) is 12.8 Å². The lowest BCUT2D eigenvalue weighted by atomic mass is 10.1. The Bertz CT molecular complexity index is 1090. The predicted octanol–water partition coefficient (Wildman–Crippen LogP) is 3.21. The summed E-state index contributed by atoms with van der Waals surface area (Å²) in [7, 11) is -2.28. The molecule has 172 valence electrons. The summed E-state index contributed by atoms with van der Waals surface area (Å²) in [5.74, 6) is -0.501. The number of nitrogens with one attached hydrogen (secondary N) is 1. The fourth-order valence-corrected chi connectivity index (χ4v) is 5.30. The third-order valence-corrected chi connectivity index (χ3v) is 7.47. The maximum atomic E-state index is 13.2. The fraction of sp³-hybridized carbons (Fsp3) is 0.391. The molecule has 32 heavy (non-hydrogen) atoms. The zero-order valence-electron chi connectivity index (χ0n) is 18.6. The van der Waals surface area contributed by atoms with Gasteiger partial charge < -0.3 is 15.0 Å². The van der Waals surface area contributed by atoms with Crippen molar-refractivity contribution in [3.8, 4) is 5.75 Å². The van der Waals surface area contributed by atoms with Crippen molar-refractivity contribution in [1.82, 2.24) is 9.21 Å². The smallest absolute Gasteiger partial charge is 0.259 e. The van der Waals surface area contributed by atoms with Crippen LogP contribution in [-0.4, -0.2) is 62.7 Å². The van der Waals surface area contributed by atoms with Crippen LogP contribution in [0.4, 0.5) is 5.69 Å². The van der Waals surface area contributed by atoms with E-state index in [9.17, 15) is 18.0 Å². The summed E-state index contributed by atoms with van der Waals surface area (Å²) >= 11 is 0. The number of hydrogen-bond donors (Lipinski definition) is 1. The van der Waals surface area contributed by atoms with Gasteiger partial charge in [-0.25, -0.2) is 8.42 Å². The van der Waals surface area contributed by atoms with Gasteiger partial charge in [0.15, 0.2) is 0 Å². The van der Waals surface area contributed by atoms with E-state index in [0.29, 0.717) is 37.4 Å². The molecule has 0 aromatic heterocycles. The molecule has 9 heteroatoms. The molecule has 1 heterocycles. The Morgan fingerprint density at radius 3 is 2.31 bits per heavy atom. The van der Waals surface area contributed by atoms with Gasteiger partial charge in [-0.3, -0.25) is 9.59 Å². The zero-order chi connectivity index (χ0) is 23.3. The highest BCUT2D eigenvalue weighted by Gasteiger charge is 2.29. The Balaban J connectivity index is 1.94. The average molecular weight is 460 g/mol. The SMILES string of the molecule is CCN(CC)C(=O)c1ccccc1NC(=O)c1cc(S(=O)(=O)N2CCCC2)ccc1OC. The number of para-hydroxylation sites is 1. The van der Waals surface area contributed by atoms with Gasteiger partial charge in [-0.2, -0.15) is 4.31 Å². The number of sulfonamides is 1. The van der Waals surface area contributed by atoms with E-state index in [-0.39, 0.29) is 22.1 Å². The predicted molar refractivity (Wildman–Crippen MR) is 123 cm³/mol. The summed E-state index contributed by atoms with van der Waals surface area (Å²) in [5.41, 5.74) is 0.798. The van der Waals surface area contributed by atoms with E-state index < -0.39 is 15.9 Å². The molecule has 1 aliphatic heterocycles. The molecule has 0 saturated carbocycles. The van der Waals surface area contributed by atoms with Gasteiger partial charge >= 0.3 is 0 Å². The second kappa shape index (κ2) is 10.1. The molecule has 2 aromatic rings. The molecule has 3 rings (SSSR count). The number of anilines is 1. The normalized spacial score (nSPS) is 14.2. The second-order valence-electron chi connectivity index (χ2n) is 7.45. The van der Waals surface area contributed by atoms with Gasteiger partial charge in [-0.1, -0.05) is 12.1 Å². The van der Waals surface area contributed by atoms with Crippen LogP contribution >= 0.6 is 0 Å². The molecular weight excluding hydrogens is 430 g/mol. The van der Waals surface area contributed by atoms with Crippen LogP contribution in [0.15, 0.2) is 47.4 Å². The highest BCUT2D eigenvalue weighted by atomic mass is 32.2. The Kier molecular flexibility index (Phi) is 7.52. The van der Waals surface area contributed by atoms with E-state index in [4.69, 9.17) is 4.74 Å². The van der Waals surface area contributed by atoms with Crippen LogP contribution < -0.4 is 10.1 Å². The topological polar surface area (TPSA) is 96.0 Å². The van der Waals surface area contributed by atoms with Gasteiger partial charge in [0.1, 0.15) is 5.75 Å². The summed E-state index contributed by atoms with van der Waals surface area (Å²) < 4.78 is 32.6. The number of rotatable bonds is 8. The van der Waals surface area contributed by atoms with E-state index in [2.05, 4.69) is 5.32 Å². The third-order valence-electron chi connectivity index (χ3n) is 5.57. The third kappa shape index (κ3) is 4.78. The monoisotopic (exact) mass is 459 g/mol. The number of nitrogens with zero attached hydrogens (tertiary/aromatic N) is 2. The van der Waals surface area contributed by atoms with Gasteiger partial charge in [-0.15, -0.1) is 0 Å². The number of carbonyl (C=O) groups excluding carboxylic acids is 2. The van der Waals surface area contributed by atoms with Crippen molar-refractivity contribution in [3.05, 3.63) is 53.6 Å². The molecule has 2 amide bonds. The Hall–Kier alpha value is -2.91. The number of carbonyl (C=O) groups is 2. The molecule has 8 nitrogen and oxygen atoms in total. The van der Waals surface area contributed by atoms with Gasteiger partial charge in [0, 0.05) is 26.2 Å². The first-order valence-corrected chi connectivity index (χ1v) is 12.1. The minimum Gasteiger partial charge on any atom is -0.496 e. The molecule has 0 bridgehead atoms. The first kappa shape index (κ1) is 23.7. The molecule has 1 saturated heterocycles. The highest BCUT2D eigenvalue weighted by Crippen LogP contribution is 2.28. The molecule has 1 aliphatic rings. The number of benzene rings is 2. The van der Waals surface area contributed by atoms with E-state index in [1.54, 1.807) is 29.2 Å². The van der Waals surface area contributed by atoms with Crippen LogP contribution in [0.3, 0.4) is 0 Å². The lowest BCUT2D eigenvalue weighted by molar-refractivity contribution is 0.0774. The van der Waals surface area contributed by atoms with Crippen LogP contribution in [0.5, 0.6) is 5.75 Å². The molecule has 2 aromatic carbocycles. The Morgan fingerprint density at radius 1 is 1.03 bits per heavy atom. The number of amides is 2. The summed E-state index contributed by atoms with van der Waals surface area (Å²) in [4.78, 5) is 27.7. The van der Waals surface area contributed by atoms with Crippen molar-refractivity contribution < 1.29 is 22.7 Å². The van der Waals surface area contributed by atoms with Crippen molar-refractivity contribution in [1.29, 1.82) is 0 Å². The summed E-state index contributed by atoms with van der Waals surface area (Å²) in [6.07, 6.45) is 1.64. The quantitative estimate of drug-likeness (QED) is 0.654. The van der Waals surface area contributed by atoms with Crippen molar-refractivity contribution in [2.45, 2.75) is 31.6 Å². The molecule has 0 spiro atoms. The maximum absolute atomic E-state index is 13.2. The number of ether oxygens (including phenoxy) is 1. The molecule has 0 unspecified atom stereocenters. The molecular formula is C23H29N3O5S. The molecule has 1 N–H and O–H groups in total. The fourth-order valence-electron chi connectivity index (χ4n) is 3.75. The largest absolute Gasteiger partial charge is 0.496 e. The summed E-state index contributed by atoms with van der Waals surface area (Å²) in [6.45, 7) is 5.80. The Morgan fingerprint density at radius 2 is 1.69 bits per heavy atom. The second-order valence-corrected chi connectivity index (χ2v) is 9.39. The van der Waals surface area contributed by atoms with E-state index >= 15 is 0 Å². The van der Waals surface area contributed by atoms with Gasteiger partial charge in [-0.05, 0) is 57.0 Å². The van der Waals surface area contributed by atoms with Crippen molar-refractivity contribution in [3.63, 3.8) is 0 Å². The first-order chi connectivity index (χ1) is 15.3. The van der Waals surface area contributed by atoms with Gasteiger partial charge in [0.2, 0.25) is 10.0 Å². The lowest BCUT2D eigenvalue weighted by Gasteiger charge is -2.21. The van der Waals surface area contributed by atoms with Crippen LogP contribution in [0.25, 0.3) is 0 Å². The molecule has 0 aliphatic carbocycles. The highest BCUT2D eigenvalue weighted by molar-refractivity contribution is 7.89. The maximum Gasteiger partial charge on any atom is 0.259 e. The van der Waals surface area contributed by atoms with Crippen LogP contribution in [0, 0.1) is 0 Å². The van der Waals surface area contributed by atoms with E-state index in [1.807, 2.05) is 13.8 Å². The van der Waals surface area contributed by atoms with Gasteiger partial charge in [0.05, 0.1) is 28.8 Å². The number of hydrogen-bond acceptors (Lipinski definition) is 5. The molecule has 0 radical (unpaired) electrons. The Labute approximate surface area is 189 Å². The standard InChI is InChI=1S/C23H29N3O5S/c1-4-25(5-2)23(28)18-10-6-7-11-20(18)24-22(27)19-16-17(12-13-21(19)31-3)32(29,30)26-14-8-9-15-26/h6-7,10-13,16H,4-5,8-9,14-15H2,1-3H3,(H,24,27). The minimum atomic E-state index is -3.70. The van der Waals surface area contributed by atoms with E-state index in [1.165, 1.54) is 29.6 Å². The summed E-state index contributed by atoms with van der Waals surface area (Å²) in [6, 6.07) is 11.0. The van der Waals surface area contributed by atoms with Crippen molar-refractivity contribution in [2.24, 2.45) is 0 Å². The van der Waals surface area contributed by atoms with Crippen molar-refractivity contribution in [2.75, 3.05) is 38.6 Å². The summed E-state index contributed by atoms with van der Waals surface area (Å²) in [5, 5.41) is 2.76. The number of methoxy groups -OCH3 is 1. The first-order valence-electron chi connectivity index (χ1n) is 10.7. The lowest BCUT2D eigenvalue weighted by Crippen LogP contribution is -2.31. The minimum absolute atomic E-state index is 0.0397. The van der Waals surface area contributed by atoms with Crippen molar-refractivity contribution >= 4 is 27.5 Å². The zero-order valence-corrected chi connectivity index (χ0v) is 19.4. The average Bonchev–Trinajstić information content (AvgIpc) is 3.35. The van der Waals surface area contributed by atoms with Crippen LogP contribution in [-0.2, 0) is 10.0 Å².